The highest BCUT2D eigenvalue weighted by Gasteiger charge is 2.60. The first-order valence-corrected chi connectivity index (χ1v) is 7.31. The van der Waals surface area contributed by atoms with Crippen molar-refractivity contribution in [2.75, 3.05) is 0 Å². The maximum Gasteiger partial charge on any atom is 0.164 e. The molecule has 0 radical (unpaired) electrons. The fourth-order valence-electron chi connectivity index (χ4n) is 3.59. The van der Waals surface area contributed by atoms with Gasteiger partial charge in [-0.05, 0) is 27.7 Å². The maximum atomic E-state index is 13.3. The molecule has 0 bridgehead atoms. The summed E-state index contributed by atoms with van der Waals surface area (Å²) < 4.78 is 11.6. The second-order valence-corrected chi connectivity index (χ2v) is 6.54. The molecule has 0 N–H and O–H groups in total. The van der Waals surface area contributed by atoms with Gasteiger partial charge >= 0.3 is 0 Å². The van der Waals surface area contributed by atoms with Crippen molar-refractivity contribution in [1.82, 2.24) is 0 Å². The standard InChI is InChI=1S/C16H23NO3/c1-11-14-15(20-16(3,4)19-14)12(2)17(11,18)10-13-8-6-5-7-9-13/h5-9,11-12,14-15H,10H2,1-4H3/t11-,12+,14+,15-,17?. The SMILES string of the molecule is C[C@@H]1[C@@H]2OC(C)(C)O[C@@H]2[C@H](C)[N+]1([O-])Cc1ccccc1. The van der Waals surface area contributed by atoms with Crippen LogP contribution in [-0.2, 0) is 16.0 Å². The number of likely N-dealkylation sites (tertiary alicyclic amines) is 1. The maximum absolute atomic E-state index is 13.3. The van der Waals surface area contributed by atoms with Crippen LogP contribution < -0.4 is 0 Å². The van der Waals surface area contributed by atoms with E-state index in [4.69, 9.17) is 9.47 Å². The topological polar surface area (TPSA) is 41.5 Å². The molecule has 0 amide bonds. The molecule has 2 aliphatic rings. The van der Waals surface area contributed by atoms with Gasteiger partial charge in [-0.2, -0.15) is 0 Å². The van der Waals surface area contributed by atoms with Crippen LogP contribution in [0.3, 0.4) is 0 Å². The molecule has 1 aromatic rings. The molecular formula is C16H23NO3. The monoisotopic (exact) mass is 277 g/mol. The minimum absolute atomic E-state index is 0.110. The van der Waals surface area contributed by atoms with Crippen LogP contribution in [-0.4, -0.2) is 34.7 Å². The zero-order valence-electron chi connectivity index (χ0n) is 12.6. The Morgan fingerprint density at radius 1 is 1.05 bits per heavy atom. The number of nitrogens with zero attached hydrogens (tertiary/aromatic N) is 1. The highest BCUT2D eigenvalue weighted by Crippen LogP contribution is 2.44. The van der Waals surface area contributed by atoms with Gasteiger partial charge in [-0.1, -0.05) is 30.3 Å². The van der Waals surface area contributed by atoms with E-state index in [1.807, 2.05) is 58.0 Å². The summed E-state index contributed by atoms with van der Waals surface area (Å²) in [5, 5.41) is 13.3. The average Bonchev–Trinajstić information content (AvgIpc) is 2.80. The van der Waals surface area contributed by atoms with E-state index in [1.54, 1.807) is 0 Å². The van der Waals surface area contributed by atoms with Crippen molar-refractivity contribution in [1.29, 1.82) is 0 Å². The molecule has 5 atom stereocenters. The van der Waals surface area contributed by atoms with Gasteiger partial charge in [0.25, 0.3) is 0 Å². The van der Waals surface area contributed by atoms with Crippen molar-refractivity contribution in [2.24, 2.45) is 0 Å². The summed E-state index contributed by atoms with van der Waals surface area (Å²) in [4.78, 5) is 0. The molecule has 0 saturated carbocycles. The smallest absolute Gasteiger partial charge is 0.164 e. The van der Waals surface area contributed by atoms with Gasteiger partial charge in [-0.25, -0.2) is 0 Å². The lowest BCUT2D eigenvalue weighted by atomic mass is 10.1. The Hall–Kier alpha value is -0.940. The largest absolute Gasteiger partial charge is 0.632 e. The number of hydrogen-bond acceptors (Lipinski definition) is 3. The molecule has 110 valence electrons. The van der Waals surface area contributed by atoms with Crippen LogP contribution >= 0.6 is 0 Å². The second-order valence-electron chi connectivity index (χ2n) is 6.54. The van der Waals surface area contributed by atoms with E-state index in [9.17, 15) is 5.21 Å². The third kappa shape index (κ3) is 2.07. The van der Waals surface area contributed by atoms with Crippen molar-refractivity contribution in [3.05, 3.63) is 41.1 Å². The molecule has 4 heteroatoms. The third-order valence-corrected chi connectivity index (χ3v) is 4.77. The Morgan fingerprint density at radius 2 is 1.55 bits per heavy atom. The molecule has 20 heavy (non-hydrogen) atoms. The Balaban J connectivity index is 1.85. The molecule has 4 nitrogen and oxygen atoms in total. The molecule has 0 aromatic heterocycles. The van der Waals surface area contributed by atoms with E-state index in [0.29, 0.717) is 6.54 Å². The summed E-state index contributed by atoms with van der Waals surface area (Å²) in [6.45, 7) is 8.29. The molecule has 3 rings (SSSR count). The van der Waals surface area contributed by atoms with Gasteiger partial charge in [0.15, 0.2) is 5.79 Å². The lowest BCUT2D eigenvalue weighted by molar-refractivity contribution is -0.929. The van der Waals surface area contributed by atoms with Crippen LogP contribution in [0.1, 0.15) is 33.3 Å². The normalized spacial score (nSPS) is 42.6. The summed E-state index contributed by atoms with van der Waals surface area (Å²) in [6.07, 6.45) is -0.220. The molecule has 0 aliphatic carbocycles. The highest BCUT2D eigenvalue weighted by atomic mass is 16.8. The molecule has 2 fully saturated rings. The molecule has 2 aliphatic heterocycles. The number of rotatable bonds is 2. The van der Waals surface area contributed by atoms with Crippen molar-refractivity contribution < 1.29 is 14.1 Å². The van der Waals surface area contributed by atoms with Crippen LogP contribution in [0.4, 0.5) is 0 Å². The van der Waals surface area contributed by atoms with Gasteiger partial charge < -0.3 is 19.3 Å². The first-order valence-electron chi connectivity index (χ1n) is 7.31. The van der Waals surface area contributed by atoms with Gasteiger partial charge in [-0.3, -0.25) is 0 Å². The summed E-state index contributed by atoms with van der Waals surface area (Å²) in [7, 11) is 0. The summed E-state index contributed by atoms with van der Waals surface area (Å²) >= 11 is 0. The van der Waals surface area contributed by atoms with E-state index >= 15 is 0 Å². The van der Waals surface area contributed by atoms with Crippen molar-refractivity contribution in [3.63, 3.8) is 0 Å². The summed E-state index contributed by atoms with van der Waals surface area (Å²) in [6, 6.07) is 9.72. The van der Waals surface area contributed by atoms with Gasteiger partial charge in [-0.15, -0.1) is 0 Å². The number of benzene rings is 1. The zero-order valence-corrected chi connectivity index (χ0v) is 12.6. The van der Waals surface area contributed by atoms with Crippen LogP contribution in [0.15, 0.2) is 30.3 Å². The van der Waals surface area contributed by atoms with Gasteiger partial charge in [0.2, 0.25) is 0 Å². The van der Waals surface area contributed by atoms with Crippen LogP contribution in [0.2, 0.25) is 0 Å². The molecule has 2 saturated heterocycles. The number of ether oxygens (including phenoxy) is 2. The molecule has 1 unspecified atom stereocenters. The Bertz CT molecular complexity index is 468. The second kappa shape index (κ2) is 4.53. The quantitative estimate of drug-likeness (QED) is 0.616. The minimum Gasteiger partial charge on any atom is -0.632 e. The van der Waals surface area contributed by atoms with Crippen LogP contribution in [0.5, 0.6) is 0 Å². The van der Waals surface area contributed by atoms with E-state index in [-0.39, 0.29) is 28.9 Å². The Labute approximate surface area is 120 Å². The van der Waals surface area contributed by atoms with Gasteiger partial charge in [0.1, 0.15) is 30.8 Å². The molecule has 2 heterocycles. The third-order valence-electron chi connectivity index (χ3n) is 4.77. The first kappa shape index (κ1) is 14.0. The van der Waals surface area contributed by atoms with E-state index in [1.165, 1.54) is 0 Å². The van der Waals surface area contributed by atoms with Crippen LogP contribution in [0, 0.1) is 5.21 Å². The zero-order chi connectivity index (χ0) is 14.5. The van der Waals surface area contributed by atoms with Gasteiger partial charge in [0.05, 0.1) is 0 Å². The van der Waals surface area contributed by atoms with E-state index in [0.717, 1.165) is 5.56 Å². The van der Waals surface area contributed by atoms with Crippen molar-refractivity contribution in [3.8, 4) is 0 Å². The predicted octanol–water partition coefficient (Wildman–Crippen LogP) is 2.81. The fourth-order valence-corrected chi connectivity index (χ4v) is 3.59. The highest BCUT2D eigenvalue weighted by molar-refractivity contribution is 5.14. The van der Waals surface area contributed by atoms with E-state index in [2.05, 4.69) is 0 Å². The Morgan fingerprint density at radius 3 is 2.05 bits per heavy atom. The predicted molar refractivity (Wildman–Crippen MR) is 76.5 cm³/mol. The fraction of sp³-hybridized carbons (Fsp3) is 0.625. The number of fused-ring (bicyclic) bond motifs is 1. The number of hydrogen-bond donors (Lipinski definition) is 0. The Kier molecular flexibility index (Phi) is 3.18. The van der Waals surface area contributed by atoms with Crippen LogP contribution in [0.25, 0.3) is 0 Å². The number of hydroxylamine groups is 3. The summed E-state index contributed by atoms with van der Waals surface area (Å²) in [5.41, 5.74) is 1.07. The van der Waals surface area contributed by atoms with E-state index < -0.39 is 5.79 Å². The van der Waals surface area contributed by atoms with Gasteiger partial charge in [0, 0.05) is 5.56 Å². The lowest BCUT2D eigenvalue weighted by Gasteiger charge is -2.48. The number of quaternary nitrogens is 1. The minimum atomic E-state index is -0.574. The molecule has 1 aromatic carbocycles. The molecular weight excluding hydrogens is 254 g/mol. The van der Waals surface area contributed by atoms with Crippen molar-refractivity contribution >= 4 is 0 Å². The first-order chi connectivity index (χ1) is 9.33. The summed E-state index contributed by atoms with van der Waals surface area (Å²) in [5.74, 6) is -0.574. The molecule has 0 spiro atoms. The lowest BCUT2D eigenvalue weighted by Crippen LogP contribution is -2.52. The average molecular weight is 277 g/mol. The van der Waals surface area contributed by atoms with Crippen molar-refractivity contribution in [2.45, 2.75) is 64.3 Å².